The summed E-state index contributed by atoms with van der Waals surface area (Å²) in [5, 5.41) is 0. The minimum Gasteiger partial charge on any atom is -0.412 e. The smallest absolute Gasteiger partial charge is 0 e. The van der Waals surface area contributed by atoms with Gasteiger partial charge in [-0.15, -0.1) is 0 Å². The van der Waals surface area contributed by atoms with Gasteiger partial charge in [0, 0.05) is 67.1 Å². The SMILES string of the molecule is O.[Al].[Fe].[Si].[Ti]. The molecule has 0 aromatic rings. The van der Waals surface area contributed by atoms with E-state index < -0.39 is 0 Å². The van der Waals surface area contributed by atoms with E-state index in [1.165, 1.54) is 0 Å². The first kappa shape index (κ1) is 65.0. The van der Waals surface area contributed by atoms with Crippen LogP contribution in [0.15, 0.2) is 0 Å². The van der Waals surface area contributed by atoms with Gasteiger partial charge in [-0.3, -0.25) is 0 Å². The third-order valence-electron chi connectivity index (χ3n) is 0. The predicted molar refractivity (Wildman–Crippen MR) is 15.1 cm³/mol. The van der Waals surface area contributed by atoms with Crippen LogP contribution in [0.4, 0.5) is 0 Å². The Morgan fingerprint density at radius 3 is 1.00 bits per heavy atom. The second-order valence-corrected chi connectivity index (χ2v) is 0. The Labute approximate surface area is 72.1 Å². The fourth-order valence-corrected chi connectivity index (χ4v) is 0. The molecular weight excluding hydrogens is 175 g/mol. The topological polar surface area (TPSA) is 31.5 Å². The zero-order chi connectivity index (χ0) is 0. The van der Waals surface area contributed by atoms with Crippen molar-refractivity contribution in [3.05, 3.63) is 0 Å². The van der Waals surface area contributed by atoms with Gasteiger partial charge < -0.3 is 5.48 Å². The first-order chi connectivity index (χ1) is 0. The molecule has 0 atom stereocenters. The molecule has 0 heterocycles. The summed E-state index contributed by atoms with van der Waals surface area (Å²) in [5.41, 5.74) is 0. The summed E-state index contributed by atoms with van der Waals surface area (Å²) < 4.78 is 0. The van der Waals surface area contributed by atoms with Crippen LogP contribution in [0.2, 0.25) is 0 Å². The van der Waals surface area contributed by atoms with E-state index >= 15 is 0 Å². The van der Waals surface area contributed by atoms with Crippen LogP contribution < -0.4 is 0 Å². The molecule has 0 amide bonds. The zero-order valence-electron chi connectivity index (χ0n) is 2.43. The van der Waals surface area contributed by atoms with Crippen LogP contribution in [0.3, 0.4) is 0 Å². The van der Waals surface area contributed by atoms with Gasteiger partial charge in [0.1, 0.15) is 0 Å². The third kappa shape index (κ3) is 24.5. The Morgan fingerprint density at radius 1 is 1.00 bits per heavy atom. The van der Waals surface area contributed by atoms with Gasteiger partial charge in [0.2, 0.25) is 0 Å². The molecule has 5 heavy (non-hydrogen) atoms. The summed E-state index contributed by atoms with van der Waals surface area (Å²) in [7, 11) is 0. The molecule has 0 rings (SSSR count). The fraction of sp³-hybridized carbons (Fsp3) is 0. The first-order valence-corrected chi connectivity index (χ1v) is 0. The third-order valence-corrected chi connectivity index (χ3v) is 0. The molecule has 2 N–H and O–H groups in total. The van der Waals surface area contributed by atoms with Crippen molar-refractivity contribution in [2.75, 3.05) is 0 Å². The van der Waals surface area contributed by atoms with Crippen molar-refractivity contribution in [2.45, 2.75) is 0 Å². The molecular formula is H2AlFeOSiTi. The predicted octanol–water partition coefficient (Wildman–Crippen LogP) is -1.59. The quantitative estimate of drug-likeness (QED) is 0.399. The van der Waals surface area contributed by atoms with E-state index in [1.54, 1.807) is 0 Å². The average Bonchev–Trinajstić information content (AvgIpc) is 0. The second kappa shape index (κ2) is 38.5. The van der Waals surface area contributed by atoms with E-state index in [1.807, 2.05) is 0 Å². The van der Waals surface area contributed by atoms with Crippen molar-refractivity contribution < 1.29 is 44.3 Å². The summed E-state index contributed by atoms with van der Waals surface area (Å²) in [4.78, 5) is 0. The fourth-order valence-electron chi connectivity index (χ4n) is 0. The van der Waals surface area contributed by atoms with E-state index in [-0.39, 0.29) is 72.6 Å². The maximum absolute atomic E-state index is 0. The van der Waals surface area contributed by atoms with Crippen LogP contribution in [0.25, 0.3) is 0 Å². The number of hydrogen-bond donors (Lipinski definition) is 0. The van der Waals surface area contributed by atoms with E-state index in [0.29, 0.717) is 0 Å². The van der Waals surface area contributed by atoms with Gasteiger partial charge >= 0.3 is 0 Å². The van der Waals surface area contributed by atoms with Crippen molar-refractivity contribution in [3.63, 3.8) is 0 Å². The molecule has 0 fully saturated rings. The second-order valence-electron chi connectivity index (χ2n) is 0. The van der Waals surface area contributed by atoms with Crippen LogP contribution in [0.1, 0.15) is 0 Å². The molecule has 27 valence electrons. The van der Waals surface area contributed by atoms with Gasteiger partial charge in [-0.1, -0.05) is 0 Å². The van der Waals surface area contributed by atoms with Gasteiger partial charge in [0.15, 0.2) is 0 Å². The summed E-state index contributed by atoms with van der Waals surface area (Å²) >= 11 is 0. The van der Waals surface area contributed by atoms with Gasteiger partial charge in [0.25, 0.3) is 0 Å². The molecule has 0 aromatic carbocycles. The van der Waals surface area contributed by atoms with Gasteiger partial charge in [-0.25, -0.2) is 0 Å². The van der Waals surface area contributed by atoms with Crippen molar-refractivity contribution in [2.24, 2.45) is 0 Å². The molecule has 0 spiro atoms. The van der Waals surface area contributed by atoms with Crippen LogP contribution in [0.5, 0.6) is 0 Å². The summed E-state index contributed by atoms with van der Waals surface area (Å²) in [6.07, 6.45) is 0. The van der Waals surface area contributed by atoms with E-state index in [0.717, 1.165) is 0 Å². The van der Waals surface area contributed by atoms with Crippen molar-refractivity contribution in [3.8, 4) is 0 Å². The first-order valence-electron chi connectivity index (χ1n) is 0. The molecule has 0 aliphatic rings. The van der Waals surface area contributed by atoms with Crippen molar-refractivity contribution in [1.29, 1.82) is 0 Å². The van der Waals surface area contributed by atoms with Gasteiger partial charge in [-0.2, -0.15) is 0 Å². The largest absolute Gasteiger partial charge is 0.412 e. The van der Waals surface area contributed by atoms with E-state index in [2.05, 4.69) is 0 Å². The number of hydrogen-bond acceptors (Lipinski definition) is 0. The normalized spacial score (nSPS) is 0. The molecule has 0 aliphatic carbocycles. The maximum atomic E-state index is 0. The Bertz CT molecular complexity index is 11.6. The van der Waals surface area contributed by atoms with Crippen molar-refractivity contribution in [1.82, 2.24) is 0 Å². The Kier molecular flexibility index (Phi) is 500. The molecule has 0 saturated carbocycles. The molecule has 0 aromatic heterocycles. The average molecular weight is 177 g/mol. The van der Waals surface area contributed by atoms with Gasteiger partial charge in [0.05, 0.1) is 0 Å². The van der Waals surface area contributed by atoms with Crippen LogP contribution in [-0.2, 0) is 38.8 Å². The molecule has 0 unspecified atom stereocenters. The molecule has 0 bridgehead atoms. The molecule has 1 nitrogen and oxygen atoms in total. The standard InChI is InChI=1S/Al.Fe.H2O.Si.Ti/h;;1H2;;. The van der Waals surface area contributed by atoms with E-state index in [4.69, 9.17) is 0 Å². The summed E-state index contributed by atoms with van der Waals surface area (Å²) in [6.45, 7) is 0. The Morgan fingerprint density at radius 2 is 1.00 bits per heavy atom. The number of rotatable bonds is 0. The maximum Gasteiger partial charge on any atom is 0 e. The Balaban J connectivity index is 0. The Hall–Kier alpha value is 1.94. The monoisotopic (exact) mass is 177 g/mol. The minimum atomic E-state index is 0. The minimum absolute atomic E-state index is 0. The van der Waals surface area contributed by atoms with Crippen molar-refractivity contribution >= 4 is 28.3 Å². The van der Waals surface area contributed by atoms with Crippen LogP contribution >= 0.6 is 0 Å². The molecule has 7 radical (unpaired) electrons. The molecule has 0 saturated heterocycles. The summed E-state index contributed by atoms with van der Waals surface area (Å²) in [5.74, 6) is 0. The van der Waals surface area contributed by atoms with Gasteiger partial charge in [-0.05, 0) is 0 Å². The van der Waals surface area contributed by atoms with Crippen LogP contribution in [-0.4, -0.2) is 33.8 Å². The molecule has 0 aliphatic heterocycles. The zero-order valence-corrected chi connectivity index (χ0v) is 7.25. The van der Waals surface area contributed by atoms with Crippen LogP contribution in [0, 0.1) is 0 Å². The summed E-state index contributed by atoms with van der Waals surface area (Å²) in [6, 6.07) is 0. The molecule has 5 heteroatoms. The van der Waals surface area contributed by atoms with E-state index in [9.17, 15) is 0 Å².